The van der Waals surface area contributed by atoms with Crippen LogP contribution in [0.5, 0.6) is 0 Å². The maximum Gasteiger partial charge on any atom is 0.250 e. The third-order valence-electron chi connectivity index (χ3n) is 5.10. The standard InChI is InChI=1S/C22H19N5/c1-16-13-21(20-12-11-18-9-5-6-10-19(18)14-20)27-22(23-24-25-27)26(16)15-17-7-3-2-4-8-17/h2-14,21H,15H2,1H3. The van der Waals surface area contributed by atoms with E-state index in [2.05, 4.69) is 100 Å². The second-order valence-electron chi connectivity index (χ2n) is 6.85. The number of fused-ring (bicyclic) bond motifs is 2. The summed E-state index contributed by atoms with van der Waals surface area (Å²) in [6.45, 7) is 2.86. The lowest BCUT2D eigenvalue weighted by Crippen LogP contribution is -2.30. The van der Waals surface area contributed by atoms with Crippen molar-refractivity contribution in [1.82, 2.24) is 20.2 Å². The number of rotatable bonds is 3. The zero-order valence-electron chi connectivity index (χ0n) is 15.0. The van der Waals surface area contributed by atoms with Crippen LogP contribution in [0.1, 0.15) is 24.1 Å². The van der Waals surface area contributed by atoms with Gasteiger partial charge in [-0.15, -0.1) is 0 Å². The Balaban J connectivity index is 1.55. The molecule has 3 aromatic carbocycles. The first-order valence-corrected chi connectivity index (χ1v) is 9.06. The molecule has 1 aromatic heterocycles. The highest BCUT2D eigenvalue weighted by atomic mass is 15.6. The van der Waals surface area contributed by atoms with Gasteiger partial charge in [-0.25, -0.2) is 0 Å². The van der Waals surface area contributed by atoms with Crippen LogP contribution in [0.3, 0.4) is 0 Å². The monoisotopic (exact) mass is 353 g/mol. The number of aromatic nitrogens is 4. The minimum Gasteiger partial charge on any atom is -0.309 e. The first-order chi connectivity index (χ1) is 13.3. The molecule has 0 amide bonds. The lowest BCUT2D eigenvalue weighted by Gasteiger charge is -2.31. The molecule has 5 heteroatoms. The third-order valence-corrected chi connectivity index (χ3v) is 5.10. The number of allylic oxidation sites excluding steroid dienone is 2. The minimum absolute atomic E-state index is 0.00775. The van der Waals surface area contributed by atoms with E-state index in [9.17, 15) is 0 Å². The van der Waals surface area contributed by atoms with Crippen LogP contribution in [0.25, 0.3) is 10.8 Å². The number of benzene rings is 3. The first kappa shape index (κ1) is 15.8. The highest BCUT2D eigenvalue weighted by Crippen LogP contribution is 2.33. The van der Waals surface area contributed by atoms with Gasteiger partial charge in [0.15, 0.2) is 0 Å². The van der Waals surface area contributed by atoms with Crippen LogP contribution in [0.15, 0.2) is 84.6 Å². The summed E-state index contributed by atoms with van der Waals surface area (Å²) < 4.78 is 1.90. The fourth-order valence-electron chi connectivity index (χ4n) is 3.68. The Hall–Kier alpha value is -3.47. The molecule has 1 unspecified atom stereocenters. The van der Waals surface area contributed by atoms with Gasteiger partial charge in [-0.05, 0) is 51.4 Å². The van der Waals surface area contributed by atoms with Gasteiger partial charge in [0, 0.05) is 5.70 Å². The molecule has 0 aliphatic carbocycles. The summed E-state index contributed by atoms with van der Waals surface area (Å²) in [4.78, 5) is 2.16. The average molecular weight is 353 g/mol. The van der Waals surface area contributed by atoms with Crippen molar-refractivity contribution in [2.75, 3.05) is 4.90 Å². The Morgan fingerprint density at radius 2 is 1.67 bits per heavy atom. The van der Waals surface area contributed by atoms with Crippen molar-refractivity contribution in [3.63, 3.8) is 0 Å². The summed E-state index contributed by atoms with van der Waals surface area (Å²) in [5.74, 6) is 0.775. The Morgan fingerprint density at radius 3 is 2.52 bits per heavy atom. The molecule has 4 aromatic rings. The van der Waals surface area contributed by atoms with E-state index in [1.54, 1.807) is 0 Å². The van der Waals surface area contributed by atoms with Gasteiger partial charge in [0.2, 0.25) is 0 Å². The zero-order chi connectivity index (χ0) is 18.2. The Labute approximate surface area is 157 Å². The van der Waals surface area contributed by atoms with Gasteiger partial charge in [0.1, 0.15) is 6.04 Å². The molecule has 0 fully saturated rings. The molecule has 0 bridgehead atoms. The fourth-order valence-corrected chi connectivity index (χ4v) is 3.68. The summed E-state index contributed by atoms with van der Waals surface area (Å²) >= 11 is 0. The van der Waals surface area contributed by atoms with Gasteiger partial charge >= 0.3 is 0 Å². The normalized spacial score (nSPS) is 16.3. The molecule has 1 aliphatic heterocycles. The molecule has 0 spiro atoms. The van der Waals surface area contributed by atoms with Crippen molar-refractivity contribution in [3.8, 4) is 0 Å². The molecule has 0 saturated heterocycles. The highest BCUT2D eigenvalue weighted by Gasteiger charge is 2.28. The first-order valence-electron chi connectivity index (χ1n) is 9.06. The van der Waals surface area contributed by atoms with Crippen LogP contribution in [0, 0.1) is 0 Å². The number of hydrogen-bond acceptors (Lipinski definition) is 4. The molecule has 5 nitrogen and oxygen atoms in total. The van der Waals surface area contributed by atoms with Crippen LogP contribution < -0.4 is 4.90 Å². The predicted octanol–water partition coefficient (Wildman–Crippen LogP) is 4.34. The zero-order valence-corrected chi connectivity index (χ0v) is 15.0. The van der Waals surface area contributed by atoms with Gasteiger partial charge in [0.25, 0.3) is 5.95 Å². The topological polar surface area (TPSA) is 46.8 Å². The third kappa shape index (κ3) is 2.77. The molecule has 132 valence electrons. The number of anilines is 1. The van der Waals surface area contributed by atoms with Crippen molar-refractivity contribution in [3.05, 3.63) is 95.7 Å². The van der Waals surface area contributed by atoms with E-state index in [-0.39, 0.29) is 6.04 Å². The second kappa shape index (κ2) is 6.36. The highest BCUT2D eigenvalue weighted by molar-refractivity contribution is 5.83. The second-order valence-corrected chi connectivity index (χ2v) is 6.85. The van der Waals surface area contributed by atoms with Gasteiger partial charge in [0.05, 0.1) is 6.54 Å². The lowest BCUT2D eigenvalue weighted by atomic mass is 10.00. The summed E-state index contributed by atoms with van der Waals surface area (Å²) in [7, 11) is 0. The van der Waals surface area contributed by atoms with Gasteiger partial charge < -0.3 is 4.90 Å². The van der Waals surface area contributed by atoms with Crippen LogP contribution in [-0.4, -0.2) is 20.2 Å². The fraction of sp³-hybridized carbons (Fsp3) is 0.136. The van der Waals surface area contributed by atoms with E-state index in [0.29, 0.717) is 0 Å². The van der Waals surface area contributed by atoms with Gasteiger partial charge in [-0.3, -0.25) is 0 Å². The van der Waals surface area contributed by atoms with Crippen LogP contribution in [0.2, 0.25) is 0 Å². The van der Waals surface area contributed by atoms with E-state index in [1.807, 2.05) is 10.7 Å². The SMILES string of the molecule is CC1=CC(c2ccc3ccccc3c2)n2nnnc2N1Cc1ccccc1. The predicted molar refractivity (Wildman–Crippen MR) is 106 cm³/mol. The van der Waals surface area contributed by atoms with E-state index in [1.165, 1.54) is 21.9 Å². The number of hydrogen-bond donors (Lipinski definition) is 0. The van der Waals surface area contributed by atoms with E-state index >= 15 is 0 Å². The Morgan fingerprint density at radius 1 is 0.889 bits per heavy atom. The van der Waals surface area contributed by atoms with E-state index in [4.69, 9.17) is 0 Å². The maximum absolute atomic E-state index is 4.31. The molecule has 1 aliphatic rings. The van der Waals surface area contributed by atoms with Crippen LogP contribution >= 0.6 is 0 Å². The maximum atomic E-state index is 4.31. The van der Waals surface area contributed by atoms with Crippen LogP contribution in [-0.2, 0) is 6.54 Å². The molecule has 0 saturated carbocycles. The van der Waals surface area contributed by atoms with Crippen molar-refractivity contribution in [2.24, 2.45) is 0 Å². The van der Waals surface area contributed by atoms with Crippen molar-refractivity contribution in [1.29, 1.82) is 0 Å². The van der Waals surface area contributed by atoms with E-state index in [0.717, 1.165) is 18.2 Å². The Bertz CT molecular complexity index is 1130. The minimum atomic E-state index is -0.00775. The van der Waals surface area contributed by atoms with Gasteiger partial charge in [-0.2, -0.15) is 4.68 Å². The average Bonchev–Trinajstić information content (AvgIpc) is 3.20. The Kier molecular flexibility index (Phi) is 3.71. The largest absolute Gasteiger partial charge is 0.309 e. The number of nitrogens with zero attached hydrogens (tertiary/aromatic N) is 5. The molecule has 27 heavy (non-hydrogen) atoms. The molecular formula is C22H19N5. The molecule has 5 rings (SSSR count). The van der Waals surface area contributed by atoms with Crippen molar-refractivity contribution in [2.45, 2.75) is 19.5 Å². The summed E-state index contributed by atoms with van der Waals surface area (Å²) in [6.07, 6.45) is 2.23. The van der Waals surface area contributed by atoms with Crippen molar-refractivity contribution >= 4 is 16.7 Å². The van der Waals surface area contributed by atoms with Crippen LogP contribution in [0.4, 0.5) is 5.95 Å². The molecular weight excluding hydrogens is 334 g/mol. The van der Waals surface area contributed by atoms with E-state index < -0.39 is 0 Å². The molecule has 0 radical (unpaired) electrons. The smallest absolute Gasteiger partial charge is 0.250 e. The quantitative estimate of drug-likeness (QED) is 0.550. The molecule has 2 heterocycles. The van der Waals surface area contributed by atoms with Crippen molar-refractivity contribution < 1.29 is 0 Å². The summed E-state index contributed by atoms with van der Waals surface area (Å²) in [5, 5.41) is 15.0. The van der Waals surface area contributed by atoms with Gasteiger partial charge in [-0.1, -0.05) is 71.8 Å². The summed E-state index contributed by atoms with van der Waals surface area (Å²) in [5.41, 5.74) is 3.56. The number of tetrazole rings is 1. The lowest BCUT2D eigenvalue weighted by molar-refractivity contribution is 0.559. The molecule has 1 atom stereocenters. The molecule has 0 N–H and O–H groups in total. The summed E-state index contributed by atoms with van der Waals surface area (Å²) in [6, 6.07) is 25.3.